The van der Waals surface area contributed by atoms with Crippen molar-refractivity contribution >= 4 is 11.6 Å². The van der Waals surface area contributed by atoms with Crippen LogP contribution in [0.4, 0.5) is 5.69 Å². The average molecular weight is 289 g/mol. The number of carbonyl (C=O) groups is 1. The molecule has 0 bridgehead atoms. The highest BCUT2D eigenvalue weighted by Crippen LogP contribution is 2.32. The van der Waals surface area contributed by atoms with E-state index in [1.807, 2.05) is 23.1 Å². The number of nitrogens with one attached hydrogen (secondary N) is 1. The first kappa shape index (κ1) is 14.2. The second kappa shape index (κ2) is 5.56. The van der Waals surface area contributed by atoms with E-state index in [0.29, 0.717) is 30.0 Å². The fourth-order valence-corrected chi connectivity index (χ4v) is 3.08. The summed E-state index contributed by atoms with van der Waals surface area (Å²) in [6, 6.07) is 6.48. The minimum Gasteiger partial charge on any atom is -0.489 e. The summed E-state index contributed by atoms with van der Waals surface area (Å²) in [6.45, 7) is 7.23. The summed E-state index contributed by atoms with van der Waals surface area (Å²) in [5.74, 6) is 0.773. The van der Waals surface area contributed by atoms with Gasteiger partial charge >= 0.3 is 0 Å². The third-order valence-corrected chi connectivity index (χ3v) is 4.56. The van der Waals surface area contributed by atoms with Crippen LogP contribution in [0.25, 0.3) is 0 Å². The lowest BCUT2D eigenvalue weighted by molar-refractivity contribution is 0.0411. The topological polar surface area (TPSA) is 44.8 Å². The van der Waals surface area contributed by atoms with Crippen molar-refractivity contribution in [1.82, 2.24) is 9.80 Å². The molecule has 2 atom stereocenters. The van der Waals surface area contributed by atoms with Crippen molar-refractivity contribution in [3.05, 3.63) is 23.8 Å². The number of hydrogen-bond acceptors (Lipinski definition) is 4. The SMILES string of the molecule is CC1CN(C(=O)c2cccc3c2OCCN3)CC(C)N1C. The van der Waals surface area contributed by atoms with E-state index in [9.17, 15) is 4.79 Å². The molecular weight excluding hydrogens is 266 g/mol. The molecule has 2 aliphatic heterocycles. The highest BCUT2D eigenvalue weighted by molar-refractivity contribution is 5.99. The van der Waals surface area contributed by atoms with E-state index >= 15 is 0 Å². The number of rotatable bonds is 1. The Morgan fingerprint density at radius 3 is 2.71 bits per heavy atom. The van der Waals surface area contributed by atoms with Gasteiger partial charge in [0.05, 0.1) is 11.3 Å². The number of fused-ring (bicyclic) bond motifs is 1. The lowest BCUT2D eigenvalue weighted by atomic mass is 10.1. The van der Waals surface area contributed by atoms with Crippen molar-refractivity contribution in [2.24, 2.45) is 0 Å². The molecule has 2 unspecified atom stereocenters. The number of amides is 1. The summed E-state index contributed by atoms with van der Waals surface area (Å²) in [5, 5.41) is 3.28. The van der Waals surface area contributed by atoms with Crippen molar-refractivity contribution in [2.45, 2.75) is 25.9 Å². The van der Waals surface area contributed by atoms with Crippen molar-refractivity contribution in [1.29, 1.82) is 0 Å². The van der Waals surface area contributed by atoms with Crippen LogP contribution in [0.3, 0.4) is 0 Å². The molecule has 1 N–H and O–H groups in total. The molecule has 1 amide bonds. The van der Waals surface area contributed by atoms with Crippen LogP contribution in [0.1, 0.15) is 24.2 Å². The molecule has 5 heteroatoms. The average Bonchev–Trinajstić information content (AvgIpc) is 2.51. The fraction of sp³-hybridized carbons (Fsp3) is 0.562. The molecule has 0 radical (unpaired) electrons. The summed E-state index contributed by atoms with van der Waals surface area (Å²) in [5.41, 5.74) is 1.59. The van der Waals surface area contributed by atoms with Gasteiger partial charge in [0.2, 0.25) is 0 Å². The number of para-hydroxylation sites is 1. The van der Waals surface area contributed by atoms with E-state index in [4.69, 9.17) is 4.74 Å². The Balaban J connectivity index is 1.86. The summed E-state index contributed by atoms with van der Waals surface area (Å²) in [6.07, 6.45) is 0. The van der Waals surface area contributed by atoms with Crippen molar-refractivity contribution in [3.8, 4) is 5.75 Å². The summed E-state index contributed by atoms with van der Waals surface area (Å²) < 4.78 is 5.72. The van der Waals surface area contributed by atoms with E-state index in [0.717, 1.165) is 25.3 Å². The Labute approximate surface area is 125 Å². The Hall–Kier alpha value is -1.75. The van der Waals surface area contributed by atoms with Crippen LogP contribution in [-0.2, 0) is 0 Å². The third kappa shape index (κ3) is 2.58. The lowest BCUT2D eigenvalue weighted by Crippen LogP contribution is -2.56. The number of benzene rings is 1. The minimum atomic E-state index is 0.0716. The zero-order chi connectivity index (χ0) is 15.0. The second-order valence-corrected chi connectivity index (χ2v) is 6.03. The van der Waals surface area contributed by atoms with Crippen LogP contribution in [0.15, 0.2) is 18.2 Å². The largest absolute Gasteiger partial charge is 0.489 e. The molecule has 21 heavy (non-hydrogen) atoms. The van der Waals surface area contributed by atoms with Gasteiger partial charge in [0.15, 0.2) is 5.75 Å². The number of anilines is 1. The molecule has 1 aromatic carbocycles. The molecule has 114 valence electrons. The van der Waals surface area contributed by atoms with Gasteiger partial charge in [-0.15, -0.1) is 0 Å². The van der Waals surface area contributed by atoms with Gasteiger partial charge in [-0.3, -0.25) is 9.69 Å². The van der Waals surface area contributed by atoms with E-state index in [2.05, 4.69) is 31.1 Å². The first-order valence-corrected chi connectivity index (χ1v) is 7.59. The molecule has 5 nitrogen and oxygen atoms in total. The van der Waals surface area contributed by atoms with E-state index < -0.39 is 0 Å². The zero-order valence-electron chi connectivity index (χ0n) is 12.9. The maximum atomic E-state index is 12.9. The Kier molecular flexibility index (Phi) is 3.76. The van der Waals surface area contributed by atoms with E-state index in [1.54, 1.807) is 0 Å². The van der Waals surface area contributed by atoms with Crippen molar-refractivity contribution < 1.29 is 9.53 Å². The standard InChI is InChI=1S/C16H23N3O2/c1-11-9-19(10-12(2)18(11)3)16(20)13-5-4-6-14-15(13)21-8-7-17-14/h4-6,11-12,17H,7-10H2,1-3H3. The molecule has 1 saturated heterocycles. The quantitative estimate of drug-likeness (QED) is 0.854. The van der Waals surface area contributed by atoms with Gasteiger partial charge in [0, 0.05) is 31.7 Å². The normalized spacial score (nSPS) is 25.8. The summed E-state index contributed by atoms with van der Waals surface area (Å²) in [7, 11) is 2.12. The highest BCUT2D eigenvalue weighted by atomic mass is 16.5. The third-order valence-electron chi connectivity index (χ3n) is 4.56. The monoisotopic (exact) mass is 289 g/mol. The highest BCUT2D eigenvalue weighted by Gasteiger charge is 2.31. The number of nitrogens with zero attached hydrogens (tertiary/aromatic N) is 2. The molecule has 1 fully saturated rings. The Bertz CT molecular complexity index is 534. The fourth-order valence-electron chi connectivity index (χ4n) is 3.08. The first-order chi connectivity index (χ1) is 10.1. The molecule has 0 aromatic heterocycles. The molecule has 0 aliphatic carbocycles. The minimum absolute atomic E-state index is 0.0716. The lowest BCUT2D eigenvalue weighted by Gasteiger charge is -2.42. The maximum absolute atomic E-state index is 12.9. The predicted octanol–water partition coefficient (Wildman–Crippen LogP) is 1.66. The molecule has 0 saturated carbocycles. The smallest absolute Gasteiger partial charge is 0.257 e. The predicted molar refractivity (Wildman–Crippen MR) is 83.0 cm³/mol. The van der Waals surface area contributed by atoms with Gasteiger partial charge in [0.25, 0.3) is 5.91 Å². The van der Waals surface area contributed by atoms with Gasteiger partial charge in [-0.05, 0) is 33.0 Å². The number of piperazine rings is 1. The van der Waals surface area contributed by atoms with Gasteiger partial charge in [-0.1, -0.05) is 6.07 Å². The summed E-state index contributed by atoms with van der Waals surface area (Å²) in [4.78, 5) is 17.1. The molecular formula is C16H23N3O2. The van der Waals surface area contributed by atoms with Crippen LogP contribution in [0.2, 0.25) is 0 Å². The molecule has 0 spiro atoms. The van der Waals surface area contributed by atoms with E-state index in [1.165, 1.54) is 0 Å². The van der Waals surface area contributed by atoms with Crippen LogP contribution in [0, 0.1) is 0 Å². The molecule has 2 heterocycles. The van der Waals surface area contributed by atoms with Crippen LogP contribution < -0.4 is 10.1 Å². The number of ether oxygens (including phenoxy) is 1. The zero-order valence-corrected chi connectivity index (χ0v) is 12.9. The van der Waals surface area contributed by atoms with Gasteiger partial charge in [-0.2, -0.15) is 0 Å². The van der Waals surface area contributed by atoms with Crippen LogP contribution in [0.5, 0.6) is 5.75 Å². The van der Waals surface area contributed by atoms with Crippen LogP contribution in [-0.4, -0.2) is 61.1 Å². The van der Waals surface area contributed by atoms with Crippen LogP contribution >= 0.6 is 0 Å². The number of hydrogen-bond donors (Lipinski definition) is 1. The van der Waals surface area contributed by atoms with Crippen molar-refractivity contribution in [2.75, 3.05) is 38.6 Å². The number of carbonyl (C=O) groups excluding carboxylic acids is 1. The van der Waals surface area contributed by atoms with Gasteiger partial charge in [-0.25, -0.2) is 0 Å². The molecule has 1 aromatic rings. The Morgan fingerprint density at radius 2 is 2.00 bits per heavy atom. The summed E-state index contributed by atoms with van der Waals surface area (Å²) >= 11 is 0. The van der Waals surface area contributed by atoms with Gasteiger partial charge < -0.3 is 15.0 Å². The Morgan fingerprint density at radius 1 is 1.29 bits per heavy atom. The number of likely N-dealkylation sites (N-methyl/N-ethyl adjacent to an activating group) is 1. The van der Waals surface area contributed by atoms with E-state index in [-0.39, 0.29) is 5.91 Å². The first-order valence-electron chi connectivity index (χ1n) is 7.59. The molecule has 2 aliphatic rings. The molecule has 3 rings (SSSR count). The van der Waals surface area contributed by atoms with Crippen molar-refractivity contribution in [3.63, 3.8) is 0 Å². The maximum Gasteiger partial charge on any atom is 0.257 e. The second-order valence-electron chi connectivity index (χ2n) is 6.03. The van der Waals surface area contributed by atoms with Gasteiger partial charge in [0.1, 0.15) is 6.61 Å².